The number of aryl methyl sites for hydroxylation is 1. The molecule has 0 spiro atoms. The van der Waals surface area contributed by atoms with Crippen LogP contribution in [0.25, 0.3) is 0 Å². The Morgan fingerprint density at radius 2 is 1.82 bits per heavy atom. The third-order valence-electron chi connectivity index (χ3n) is 3.69. The summed E-state index contributed by atoms with van der Waals surface area (Å²) >= 11 is 5.86. The van der Waals surface area contributed by atoms with Gasteiger partial charge in [0.15, 0.2) is 12.7 Å². The summed E-state index contributed by atoms with van der Waals surface area (Å²) in [5.74, 6) is -0.984. The lowest BCUT2D eigenvalue weighted by molar-refractivity contribution is -0.156. The Balaban J connectivity index is 1.73. The number of nitrogens with one attached hydrogen (secondary N) is 2. The molecule has 2 rings (SSSR count). The lowest BCUT2D eigenvalue weighted by Crippen LogP contribution is -2.44. The fourth-order valence-electron chi connectivity index (χ4n) is 2.23. The number of rotatable bonds is 7. The molecule has 0 bridgehead atoms. The van der Waals surface area contributed by atoms with Crippen molar-refractivity contribution in [1.82, 2.24) is 10.6 Å². The number of urea groups is 1. The third kappa shape index (κ3) is 6.92. The molecule has 0 aromatic heterocycles. The van der Waals surface area contributed by atoms with Crippen LogP contribution < -0.4 is 15.4 Å². The molecule has 0 saturated heterocycles. The van der Waals surface area contributed by atoms with Crippen LogP contribution in [-0.2, 0) is 20.9 Å². The number of esters is 1. The molecule has 148 valence electrons. The van der Waals surface area contributed by atoms with Crippen molar-refractivity contribution in [2.24, 2.45) is 0 Å². The van der Waals surface area contributed by atoms with Crippen molar-refractivity contribution in [2.75, 3.05) is 6.61 Å². The van der Waals surface area contributed by atoms with E-state index in [0.29, 0.717) is 10.8 Å². The van der Waals surface area contributed by atoms with E-state index in [1.807, 2.05) is 30.3 Å². The molecule has 0 aliphatic rings. The first-order valence-corrected chi connectivity index (χ1v) is 8.94. The Morgan fingerprint density at radius 3 is 2.50 bits per heavy atom. The number of imide groups is 1. The van der Waals surface area contributed by atoms with Gasteiger partial charge in [-0.3, -0.25) is 10.1 Å². The molecule has 28 heavy (non-hydrogen) atoms. The van der Waals surface area contributed by atoms with Crippen LogP contribution in [0, 0.1) is 6.92 Å². The Labute approximate surface area is 168 Å². The molecule has 3 amide bonds. The summed E-state index contributed by atoms with van der Waals surface area (Å²) in [6.07, 6.45) is -1.15. The maximum atomic E-state index is 12.0. The highest BCUT2D eigenvalue weighted by molar-refractivity contribution is 6.30. The van der Waals surface area contributed by atoms with Gasteiger partial charge in [0.25, 0.3) is 5.91 Å². The van der Waals surface area contributed by atoms with Crippen LogP contribution in [-0.4, -0.2) is 30.6 Å². The fraction of sp³-hybridized carbons (Fsp3) is 0.250. The van der Waals surface area contributed by atoms with Gasteiger partial charge in [-0.1, -0.05) is 41.9 Å². The molecule has 2 aromatic carbocycles. The van der Waals surface area contributed by atoms with E-state index in [4.69, 9.17) is 21.1 Å². The summed E-state index contributed by atoms with van der Waals surface area (Å²) < 4.78 is 10.3. The summed E-state index contributed by atoms with van der Waals surface area (Å²) in [7, 11) is 0. The number of ether oxygens (including phenoxy) is 2. The Morgan fingerprint density at radius 1 is 1.11 bits per heavy atom. The average molecular weight is 405 g/mol. The summed E-state index contributed by atoms with van der Waals surface area (Å²) in [5.41, 5.74) is 1.65. The van der Waals surface area contributed by atoms with Gasteiger partial charge in [-0.15, -0.1) is 0 Å². The molecule has 0 aliphatic heterocycles. The van der Waals surface area contributed by atoms with Gasteiger partial charge in [0.05, 0.1) is 0 Å². The molecule has 2 N–H and O–H groups in total. The van der Waals surface area contributed by atoms with Gasteiger partial charge in [0.1, 0.15) is 5.75 Å². The van der Waals surface area contributed by atoms with E-state index in [2.05, 4.69) is 10.6 Å². The van der Waals surface area contributed by atoms with Gasteiger partial charge < -0.3 is 14.8 Å². The maximum Gasteiger partial charge on any atom is 0.344 e. The number of carbonyl (C=O) groups excluding carboxylic acids is 3. The highest BCUT2D eigenvalue weighted by atomic mass is 35.5. The van der Waals surface area contributed by atoms with Crippen molar-refractivity contribution in [3.05, 3.63) is 64.7 Å². The lowest BCUT2D eigenvalue weighted by atomic mass is 10.2. The van der Waals surface area contributed by atoms with Crippen LogP contribution in [0.15, 0.2) is 48.5 Å². The van der Waals surface area contributed by atoms with Gasteiger partial charge >= 0.3 is 12.0 Å². The molecule has 7 nitrogen and oxygen atoms in total. The molecule has 0 aliphatic carbocycles. The van der Waals surface area contributed by atoms with Crippen molar-refractivity contribution < 1.29 is 23.9 Å². The van der Waals surface area contributed by atoms with Crippen LogP contribution in [0.2, 0.25) is 5.02 Å². The zero-order valence-electron chi connectivity index (χ0n) is 15.5. The minimum atomic E-state index is -1.15. The second kappa shape index (κ2) is 10.3. The highest BCUT2D eigenvalue weighted by Gasteiger charge is 2.20. The zero-order valence-corrected chi connectivity index (χ0v) is 16.3. The number of amides is 3. The number of benzene rings is 2. The summed E-state index contributed by atoms with van der Waals surface area (Å²) in [6.45, 7) is 3.05. The van der Waals surface area contributed by atoms with Crippen molar-refractivity contribution >= 4 is 29.5 Å². The van der Waals surface area contributed by atoms with Crippen LogP contribution >= 0.6 is 11.6 Å². The molecule has 0 radical (unpaired) electrons. The summed E-state index contributed by atoms with van der Waals surface area (Å²) in [5, 5.41) is 5.23. The second-order valence-electron chi connectivity index (χ2n) is 5.99. The number of hydrogen-bond donors (Lipinski definition) is 2. The Kier molecular flexibility index (Phi) is 7.83. The van der Waals surface area contributed by atoms with Crippen LogP contribution in [0.3, 0.4) is 0 Å². The van der Waals surface area contributed by atoms with E-state index < -0.39 is 24.0 Å². The monoisotopic (exact) mass is 404 g/mol. The summed E-state index contributed by atoms with van der Waals surface area (Å²) in [4.78, 5) is 35.6. The lowest BCUT2D eigenvalue weighted by Gasteiger charge is -2.14. The SMILES string of the molecule is Cc1cc(Cl)ccc1OCC(=O)OC(C)C(=O)NC(=O)NCc1ccccc1. The average Bonchev–Trinajstić information content (AvgIpc) is 2.66. The maximum absolute atomic E-state index is 12.0. The first-order chi connectivity index (χ1) is 13.3. The van der Waals surface area contributed by atoms with Crippen molar-refractivity contribution in [1.29, 1.82) is 0 Å². The molecular formula is C20H21ClN2O5. The molecule has 0 fully saturated rings. The molecular weight excluding hydrogens is 384 g/mol. The molecule has 8 heteroatoms. The molecule has 2 aromatic rings. The first kappa shape index (κ1) is 21.2. The largest absolute Gasteiger partial charge is 0.482 e. The highest BCUT2D eigenvalue weighted by Crippen LogP contribution is 2.21. The third-order valence-corrected chi connectivity index (χ3v) is 3.93. The van der Waals surface area contributed by atoms with E-state index in [0.717, 1.165) is 11.1 Å². The van der Waals surface area contributed by atoms with E-state index in [-0.39, 0.29) is 13.2 Å². The fourth-order valence-corrected chi connectivity index (χ4v) is 2.46. The van der Waals surface area contributed by atoms with Gasteiger partial charge in [-0.25, -0.2) is 9.59 Å². The van der Waals surface area contributed by atoms with E-state index in [9.17, 15) is 14.4 Å². The van der Waals surface area contributed by atoms with Crippen LogP contribution in [0.4, 0.5) is 4.79 Å². The van der Waals surface area contributed by atoms with E-state index in [1.54, 1.807) is 25.1 Å². The zero-order chi connectivity index (χ0) is 20.5. The topological polar surface area (TPSA) is 93.7 Å². The predicted molar refractivity (Wildman–Crippen MR) is 104 cm³/mol. The minimum absolute atomic E-state index is 0.266. The van der Waals surface area contributed by atoms with Gasteiger partial charge in [0.2, 0.25) is 0 Å². The van der Waals surface area contributed by atoms with Crippen molar-refractivity contribution in [3.8, 4) is 5.75 Å². The quantitative estimate of drug-likeness (QED) is 0.692. The standard InChI is InChI=1S/C20H21ClN2O5/c1-13-10-16(21)8-9-17(13)27-12-18(24)28-14(2)19(25)23-20(26)22-11-15-6-4-3-5-7-15/h3-10,14H,11-12H2,1-2H3,(H2,22,23,25,26). The van der Waals surface area contributed by atoms with Gasteiger partial charge in [-0.05, 0) is 43.2 Å². The normalized spacial score (nSPS) is 11.2. The molecule has 1 unspecified atom stereocenters. The number of hydrogen-bond acceptors (Lipinski definition) is 5. The second-order valence-corrected chi connectivity index (χ2v) is 6.42. The van der Waals surface area contributed by atoms with Crippen LogP contribution in [0.1, 0.15) is 18.1 Å². The Bertz CT molecular complexity index is 842. The molecule has 1 atom stereocenters. The molecule has 0 saturated carbocycles. The van der Waals surface area contributed by atoms with Crippen molar-refractivity contribution in [3.63, 3.8) is 0 Å². The predicted octanol–water partition coefficient (Wildman–Crippen LogP) is 2.98. The van der Waals surface area contributed by atoms with Crippen LogP contribution in [0.5, 0.6) is 5.75 Å². The Hall–Kier alpha value is -3.06. The van der Waals surface area contributed by atoms with E-state index in [1.165, 1.54) is 6.92 Å². The smallest absolute Gasteiger partial charge is 0.344 e. The van der Waals surface area contributed by atoms with Gasteiger partial charge in [-0.2, -0.15) is 0 Å². The minimum Gasteiger partial charge on any atom is -0.482 e. The molecule has 0 heterocycles. The number of halogens is 1. The van der Waals surface area contributed by atoms with Gasteiger partial charge in [0, 0.05) is 11.6 Å². The first-order valence-electron chi connectivity index (χ1n) is 8.56. The van der Waals surface area contributed by atoms with E-state index >= 15 is 0 Å². The van der Waals surface area contributed by atoms with Crippen molar-refractivity contribution in [2.45, 2.75) is 26.5 Å². The summed E-state index contributed by atoms with van der Waals surface area (Å²) in [6, 6.07) is 13.5. The number of carbonyl (C=O) groups is 3.